The quantitative estimate of drug-likeness (QED) is 0.750. The third-order valence-electron chi connectivity index (χ3n) is 4.87. The van der Waals surface area contributed by atoms with Crippen LogP contribution >= 0.6 is 0 Å². The third-order valence-corrected chi connectivity index (χ3v) is 5.72. The molecule has 4 rings (SSSR count). The first-order valence-corrected chi connectivity index (χ1v) is 11.0. The van der Waals surface area contributed by atoms with Gasteiger partial charge in [-0.15, -0.1) is 0 Å². The lowest BCUT2D eigenvalue weighted by atomic mass is 10.1. The highest BCUT2D eigenvalue weighted by Gasteiger charge is 2.32. The van der Waals surface area contributed by atoms with Crippen LogP contribution in [-0.2, 0) is 15.6 Å². The van der Waals surface area contributed by atoms with Crippen LogP contribution in [-0.4, -0.2) is 42.0 Å². The molecule has 1 aliphatic rings. The number of nitrogens with one attached hydrogen (secondary N) is 1. The van der Waals surface area contributed by atoms with E-state index in [0.29, 0.717) is 17.7 Å². The number of nitrogens with zero attached hydrogens (tertiary/aromatic N) is 2. The zero-order valence-corrected chi connectivity index (χ0v) is 15.9. The number of amides is 1. The van der Waals surface area contributed by atoms with Gasteiger partial charge in [-0.3, -0.25) is 4.79 Å². The molecular formula is C20H21N3O3S. The number of sulfone groups is 1. The predicted molar refractivity (Wildman–Crippen MR) is 104 cm³/mol. The maximum atomic E-state index is 13.0. The molecule has 140 valence electrons. The Morgan fingerprint density at radius 1 is 1.19 bits per heavy atom. The Morgan fingerprint density at radius 2 is 1.93 bits per heavy atom. The zero-order valence-electron chi connectivity index (χ0n) is 15.1. The number of aromatic amines is 1. The minimum Gasteiger partial charge on any atom is -0.340 e. The molecule has 0 saturated carbocycles. The molecular weight excluding hydrogens is 362 g/mol. The van der Waals surface area contributed by atoms with E-state index in [2.05, 4.69) is 9.97 Å². The van der Waals surface area contributed by atoms with Crippen molar-refractivity contribution in [2.24, 2.45) is 0 Å². The van der Waals surface area contributed by atoms with E-state index in [4.69, 9.17) is 0 Å². The molecule has 2 aromatic carbocycles. The van der Waals surface area contributed by atoms with Crippen LogP contribution < -0.4 is 0 Å². The number of fused-ring (bicyclic) bond motifs is 1. The second-order valence-corrected chi connectivity index (χ2v) is 9.20. The lowest BCUT2D eigenvalue weighted by molar-refractivity contribution is 0.0730. The zero-order chi connectivity index (χ0) is 19.0. The molecule has 1 aliphatic heterocycles. The van der Waals surface area contributed by atoms with Gasteiger partial charge in [-0.05, 0) is 42.7 Å². The minimum atomic E-state index is -3.09. The summed E-state index contributed by atoms with van der Waals surface area (Å²) in [6.07, 6.45) is 3.01. The number of para-hydroxylation sites is 2. The molecule has 27 heavy (non-hydrogen) atoms. The van der Waals surface area contributed by atoms with E-state index >= 15 is 0 Å². The molecule has 1 unspecified atom stereocenters. The highest BCUT2D eigenvalue weighted by atomic mass is 32.2. The van der Waals surface area contributed by atoms with Gasteiger partial charge in [-0.25, -0.2) is 13.4 Å². The minimum absolute atomic E-state index is 0.0210. The molecule has 0 aliphatic carbocycles. The van der Waals surface area contributed by atoms with E-state index in [0.717, 1.165) is 29.7 Å². The Kier molecular flexibility index (Phi) is 4.47. The van der Waals surface area contributed by atoms with Crippen LogP contribution in [0.3, 0.4) is 0 Å². The van der Waals surface area contributed by atoms with Crippen molar-refractivity contribution in [3.8, 4) is 0 Å². The second kappa shape index (κ2) is 6.81. The monoisotopic (exact) mass is 383 g/mol. The summed E-state index contributed by atoms with van der Waals surface area (Å²) in [4.78, 5) is 22.9. The Morgan fingerprint density at radius 3 is 2.63 bits per heavy atom. The highest BCUT2D eigenvalue weighted by molar-refractivity contribution is 7.89. The maximum Gasteiger partial charge on any atom is 0.254 e. The smallest absolute Gasteiger partial charge is 0.254 e. The Hall–Kier alpha value is -2.67. The first-order chi connectivity index (χ1) is 12.9. The molecule has 6 nitrogen and oxygen atoms in total. The van der Waals surface area contributed by atoms with E-state index in [1.807, 2.05) is 29.2 Å². The van der Waals surface area contributed by atoms with Crippen LogP contribution in [0.2, 0.25) is 0 Å². The lowest BCUT2D eigenvalue weighted by Gasteiger charge is -2.23. The van der Waals surface area contributed by atoms with Crippen LogP contribution in [0.1, 0.15) is 40.6 Å². The molecule has 3 aromatic rings. The van der Waals surface area contributed by atoms with Crippen LogP contribution in [0, 0.1) is 0 Å². The fourth-order valence-corrected chi connectivity index (χ4v) is 4.43. The largest absolute Gasteiger partial charge is 0.340 e. The molecule has 0 radical (unpaired) electrons. The van der Waals surface area contributed by atoms with Gasteiger partial charge in [0.05, 0.1) is 22.8 Å². The van der Waals surface area contributed by atoms with Gasteiger partial charge in [0, 0.05) is 18.4 Å². The average Bonchev–Trinajstić information content (AvgIpc) is 3.27. The van der Waals surface area contributed by atoms with Crippen molar-refractivity contribution in [1.29, 1.82) is 0 Å². The maximum absolute atomic E-state index is 13.0. The fourth-order valence-electron chi connectivity index (χ4n) is 3.64. The van der Waals surface area contributed by atoms with E-state index in [9.17, 15) is 13.2 Å². The number of hydrogen-bond acceptors (Lipinski definition) is 4. The van der Waals surface area contributed by atoms with Gasteiger partial charge in [0.1, 0.15) is 5.82 Å². The third kappa shape index (κ3) is 3.73. The summed E-state index contributed by atoms with van der Waals surface area (Å²) in [6.45, 7) is 0.686. The number of likely N-dealkylation sites (tertiary alicyclic amines) is 1. The van der Waals surface area contributed by atoms with E-state index in [1.165, 1.54) is 6.26 Å². The van der Waals surface area contributed by atoms with E-state index in [-0.39, 0.29) is 17.7 Å². The summed E-state index contributed by atoms with van der Waals surface area (Å²) in [6, 6.07) is 14.6. The number of carbonyl (C=O) groups excluding carboxylic acids is 1. The molecule has 1 aromatic heterocycles. The van der Waals surface area contributed by atoms with Crippen molar-refractivity contribution in [1.82, 2.24) is 14.9 Å². The normalized spacial score (nSPS) is 17.5. The lowest BCUT2D eigenvalue weighted by Crippen LogP contribution is -2.31. The van der Waals surface area contributed by atoms with Gasteiger partial charge >= 0.3 is 0 Å². The first kappa shape index (κ1) is 17.7. The van der Waals surface area contributed by atoms with Crippen molar-refractivity contribution in [2.45, 2.75) is 24.6 Å². The standard InChI is InChI=1S/C20H21N3O3S/c1-27(25,26)13-14-8-10-15(11-9-14)20(24)23-12-4-7-18(23)19-21-16-5-2-3-6-17(16)22-19/h2-3,5-6,8-11,18H,4,7,12-13H2,1H3,(H,21,22). The van der Waals surface area contributed by atoms with Gasteiger partial charge in [0.25, 0.3) is 5.91 Å². The van der Waals surface area contributed by atoms with E-state index < -0.39 is 9.84 Å². The van der Waals surface area contributed by atoms with Gasteiger partial charge in [-0.1, -0.05) is 24.3 Å². The summed E-state index contributed by atoms with van der Waals surface area (Å²) >= 11 is 0. The summed E-state index contributed by atoms with van der Waals surface area (Å²) in [5, 5.41) is 0. The summed E-state index contributed by atoms with van der Waals surface area (Å²) < 4.78 is 22.8. The van der Waals surface area contributed by atoms with Crippen molar-refractivity contribution in [3.63, 3.8) is 0 Å². The van der Waals surface area contributed by atoms with Crippen LogP contribution in [0.15, 0.2) is 48.5 Å². The van der Waals surface area contributed by atoms with E-state index in [1.54, 1.807) is 24.3 Å². The molecule has 1 N–H and O–H groups in total. The van der Waals surface area contributed by atoms with Crippen molar-refractivity contribution < 1.29 is 13.2 Å². The molecule has 1 amide bonds. The SMILES string of the molecule is CS(=O)(=O)Cc1ccc(C(=O)N2CCCC2c2nc3ccccc3[nH]2)cc1. The number of aromatic nitrogens is 2. The van der Waals surface area contributed by atoms with Gasteiger partial charge in [-0.2, -0.15) is 0 Å². The van der Waals surface area contributed by atoms with Crippen LogP contribution in [0.4, 0.5) is 0 Å². The summed E-state index contributed by atoms with van der Waals surface area (Å²) in [5.41, 5.74) is 3.12. The van der Waals surface area contributed by atoms with Gasteiger partial charge in [0.2, 0.25) is 0 Å². The van der Waals surface area contributed by atoms with Crippen LogP contribution in [0.25, 0.3) is 11.0 Å². The number of rotatable bonds is 4. The molecule has 0 bridgehead atoms. The molecule has 2 heterocycles. The molecule has 1 fully saturated rings. The second-order valence-electron chi connectivity index (χ2n) is 7.06. The number of H-pyrrole nitrogens is 1. The Balaban J connectivity index is 1.57. The number of benzene rings is 2. The van der Waals surface area contributed by atoms with Gasteiger partial charge < -0.3 is 9.88 Å². The predicted octanol–water partition coefficient (Wildman–Crippen LogP) is 3.08. The fraction of sp³-hybridized carbons (Fsp3) is 0.300. The number of imidazole rings is 1. The topological polar surface area (TPSA) is 83.1 Å². The van der Waals surface area contributed by atoms with Crippen molar-refractivity contribution >= 4 is 26.8 Å². The van der Waals surface area contributed by atoms with Crippen LogP contribution in [0.5, 0.6) is 0 Å². The highest BCUT2D eigenvalue weighted by Crippen LogP contribution is 2.32. The van der Waals surface area contributed by atoms with Gasteiger partial charge in [0.15, 0.2) is 9.84 Å². The Labute approximate surface area is 158 Å². The number of hydrogen-bond donors (Lipinski definition) is 1. The average molecular weight is 383 g/mol. The molecule has 0 spiro atoms. The first-order valence-electron chi connectivity index (χ1n) is 8.93. The molecule has 1 atom stereocenters. The summed E-state index contributed by atoms with van der Waals surface area (Å²) in [7, 11) is -3.09. The van der Waals surface area contributed by atoms with Crippen molar-refractivity contribution in [2.75, 3.05) is 12.8 Å². The molecule has 7 heteroatoms. The Bertz CT molecular complexity index is 1050. The number of carbonyl (C=O) groups is 1. The van der Waals surface area contributed by atoms with Crippen molar-refractivity contribution in [3.05, 3.63) is 65.5 Å². The molecule has 1 saturated heterocycles. The summed E-state index contributed by atoms with van der Waals surface area (Å²) in [5.74, 6) is 0.742.